The lowest BCUT2D eigenvalue weighted by Gasteiger charge is -2.57. The third-order valence-electron chi connectivity index (χ3n) is 23.3. The molecule has 4 aliphatic carbocycles. The Morgan fingerprint density at radius 1 is 0.712 bits per heavy atom. The van der Waals surface area contributed by atoms with E-state index in [0.717, 1.165) is 98.0 Å². The van der Waals surface area contributed by atoms with Crippen molar-refractivity contribution in [3.05, 3.63) is 68.8 Å². The fourth-order valence-electron chi connectivity index (χ4n) is 18.2. The number of hydrogen-bond donors (Lipinski definition) is 5. The molecular weight excluding hydrogens is 1360 g/mol. The molecule has 5 heterocycles. The van der Waals surface area contributed by atoms with Crippen LogP contribution < -0.4 is 46.2 Å². The standard InChI is InChI=1S/C47H65N5O10S.C29H41N5O5.CH4.FH/c1-26-27(2)41(28(3)30-25-46(7,8)61-39(26)30)63(57,58)50-37(48)16-12-11-14-32(49-43(55)62-45(4,5)6)34(53)15-13-22-52(10)44(56)59-36-20-17-29-24-33-31-18-19-35(54)42-47(31,21-23-51(33)9)38(29)40(36)60-42;1-33-15-13-29-18-10-11-22(36)27(29)39-26-23(12-9-17(25(26)29)16-20(18)33)38-28(37)34(2)14-5-7-21(35)19(30)6-3-4-8-24(31)32;;/h17,20,31-33,42H,11-16,18-19,21-25H2,1-10H3,(H2,48,50)(H,49,55);9,12,18-20,27H,3-8,10-11,13-16,30H2,1-2H3,(H3,31,32);1H4;1H/t31?,32-,33+,42-,47-;18?,19-,20+,27-,29-;;/m00../s1. The number of nitrogens with one attached hydrogen (secondary N) is 2. The lowest BCUT2D eigenvalue weighted by molar-refractivity contribution is -0.138. The smallest absolute Gasteiger partial charge is 0.415 e. The van der Waals surface area contributed by atoms with Gasteiger partial charge < -0.3 is 70.5 Å². The predicted molar refractivity (Wildman–Crippen MR) is 393 cm³/mol. The van der Waals surface area contributed by atoms with Crippen molar-refractivity contribution in [3.63, 3.8) is 0 Å². The topological polar surface area (TPSA) is 348 Å². The van der Waals surface area contributed by atoms with Gasteiger partial charge in [0, 0.05) is 112 Å². The third-order valence-corrected chi connectivity index (χ3v) is 24.9. The number of likely N-dealkylation sites (N-methyl/N-ethyl adjacent to an activating group) is 2. The summed E-state index contributed by atoms with van der Waals surface area (Å²) >= 11 is 0. The highest BCUT2D eigenvalue weighted by Gasteiger charge is 2.67. The molecule has 4 bridgehead atoms. The first-order valence-corrected chi connectivity index (χ1v) is 38.0. The van der Waals surface area contributed by atoms with E-state index in [1.165, 1.54) is 15.4 Å². The maximum Gasteiger partial charge on any atom is 0.415 e. The van der Waals surface area contributed by atoms with Crippen LogP contribution in [0.4, 0.5) is 19.1 Å². The van der Waals surface area contributed by atoms with Crippen molar-refractivity contribution in [2.45, 2.75) is 261 Å². The Bertz CT molecular complexity index is 4010. The molecule has 4 fully saturated rings. The summed E-state index contributed by atoms with van der Waals surface area (Å²) < 4.78 is 67.5. The van der Waals surface area contributed by atoms with Crippen molar-refractivity contribution in [1.29, 1.82) is 5.41 Å². The van der Waals surface area contributed by atoms with Crippen LogP contribution in [0.5, 0.6) is 28.7 Å². The molecule has 9 aliphatic rings. The van der Waals surface area contributed by atoms with Gasteiger partial charge in [0.1, 0.15) is 28.6 Å². The molecule has 25 nitrogen and oxygen atoms in total. The number of fused-ring (bicyclic) bond motifs is 1. The van der Waals surface area contributed by atoms with Crippen LogP contribution in [0.15, 0.2) is 33.6 Å². The second-order valence-electron chi connectivity index (χ2n) is 31.8. The van der Waals surface area contributed by atoms with Gasteiger partial charge in [-0.25, -0.2) is 14.4 Å². The van der Waals surface area contributed by atoms with Crippen LogP contribution in [0.3, 0.4) is 0 Å². The first-order chi connectivity index (χ1) is 48.1. The molecular formula is C77H111FN10O15S. The van der Waals surface area contributed by atoms with E-state index in [2.05, 4.69) is 33.6 Å². The number of benzene rings is 3. The molecule has 2 unspecified atom stereocenters. The lowest BCUT2D eigenvalue weighted by Crippen LogP contribution is -2.65. The SMILES string of the molecule is C.CN(CCCC(=O)[C@@H](N)CCCCC(=N)N)C(=O)Oc1ccc2c3c1O[C@H]1C(=O)CCC4[C@@H](C2)N(C)CC[C@@]341.Cc1c(C)c(S(=O)(=O)N=C(N)CCCC[C@H](NC(=O)OC(C)(C)C)C(=O)CCCN(C)C(=O)Oc2ccc3c4c2O[C@H]2C(=O)CCC5[C@@H](C3)N(C)CC[C@@]452)c(C)c2c1OC(C)(C)C2.F. The number of Topliss-reactive ketones (excluding diaryl/α,β-unsaturated/α-hetero) is 4. The van der Waals surface area contributed by atoms with E-state index < -0.39 is 69.2 Å². The minimum atomic E-state index is -4.14. The van der Waals surface area contributed by atoms with E-state index in [0.29, 0.717) is 122 Å². The van der Waals surface area contributed by atoms with E-state index in [-0.39, 0.29) is 89.5 Å². The van der Waals surface area contributed by atoms with Crippen LogP contribution in [0.1, 0.15) is 202 Å². The van der Waals surface area contributed by atoms with E-state index in [1.54, 1.807) is 60.8 Å². The largest absolute Gasteiger partial charge is 0.487 e. The summed E-state index contributed by atoms with van der Waals surface area (Å²) in [4.78, 5) is 99.5. The van der Waals surface area contributed by atoms with Crippen molar-refractivity contribution in [2.24, 2.45) is 33.4 Å². The van der Waals surface area contributed by atoms with E-state index >= 15 is 0 Å². The van der Waals surface area contributed by atoms with Crippen LogP contribution in [-0.4, -0.2) is 183 Å². The highest BCUT2D eigenvalue weighted by atomic mass is 32.2. The van der Waals surface area contributed by atoms with Crippen LogP contribution in [-0.2, 0) is 64.0 Å². The number of likely N-dealkylation sites (tertiary alicyclic amines) is 2. The number of nitrogens with zero attached hydrogens (tertiary/aromatic N) is 5. The molecule has 0 radical (unpaired) electrons. The molecule has 2 saturated carbocycles. The zero-order chi connectivity index (χ0) is 73.9. The summed E-state index contributed by atoms with van der Waals surface area (Å²) in [5, 5.41) is 9.96. The summed E-state index contributed by atoms with van der Waals surface area (Å²) in [6, 6.07) is 6.89. The van der Waals surface area contributed by atoms with Gasteiger partial charge in [-0.05, 0) is 211 Å². The van der Waals surface area contributed by atoms with Crippen LogP contribution >= 0.6 is 0 Å². The monoisotopic (exact) mass is 1470 g/mol. The number of nitrogens with two attached hydrogens (primary N) is 3. The van der Waals surface area contributed by atoms with Gasteiger partial charge in [-0.2, -0.15) is 8.42 Å². The number of ketones is 4. The Hall–Kier alpha value is -7.75. The second kappa shape index (κ2) is 31.4. The number of hydrogen-bond acceptors (Lipinski definition) is 19. The second-order valence-corrected chi connectivity index (χ2v) is 33.3. The van der Waals surface area contributed by atoms with Gasteiger partial charge in [-0.1, -0.05) is 32.4 Å². The fourth-order valence-corrected chi connectivity index (χ4v) is 19.7. The average molecular weight is 1470 g/mol. The molecule has 0 aromatic heterocycles. The van der Waals surface area contributed by atoms with E-state index in [9.17, 15) is 42.0 Å². The van der Waals surface area contributed by atoms with E-state index in [4.69, 9.17) is 51.0 Å². The van der Waals surface area contributed by atoms with Crippen LogP contribution in [0.2, 0.25) is 0 Å². The quantitative estimate of drug-likeness (QED) is 0.0299. The van der Waals surface area contributed by atoms with Gasteiger partial charge in [0.15, 0.2) is 52.6 Å². The Kier molecular flexibility index (Phi) is 24.2. The molecule has 572 valence electrons. The Labute approximate surface area is 612 Å². The lowest BCUT2D eigenvalue weighted by atomic mass is 9.52. The predicted octanol–water partition coefficient (Wildman–Crippen LogP) is 9.86. The minimum absolute atomic E-state index is 0. The number of ether oxygens (including phenoxy) is 6. The normalized spacial score (nSPS) is 24.7. The molecule has 3 amide bonds. The number of alkyl carbamates (subject to hydrolysis) is 1. The fraction of sp³-hybridized carbons (Fsp3) is 0.649. The molecule has 2 spiro atoms. The number of piperidine rings is 2. The van der Waals surface area contributed by atoms with Gasteiger partial charge in [0.05, 0.1) is 22.8 Å². The number of rotatable bonds is 25. The highest BCUT2D eigenvalue weighted by Crippen LogP contribution is 2.65. The number of carbonyl (C=O) groups is 7. The molecule has 3 aromatic carbocycles. The Balaban J connectivity index is 0.000000263. The zero-order valence-electron chi connectivity index (χ0n) is 62.0. The molecule has 2 saturated heterocycles. The maximum atomic E-state index is 13.7. The van der Waals surface area contributed by atoms with Crippen molar-refractivity contribution in [3.8, 4) is 28.7 Å². The number of unbranched alkanes of at least 4 members (excludes halogenated alkanes) is 2. The van der Waals surface area contributed by atoms with Gasteiger partial charge >= 0.3 is 18.3 Å². The average Bonchev–Trinajstić information content (AvgIpc) is 1.49. The zero-order valence-corrected chi connectivity index (χ0v) is 62.8. The van der Waals surface area contributed by atoms with Crippen LogP contribution in [0.25, 0.3) is 0 Å². The Morgan fingerprint density at radius 3 is 1.70 bits per heavy atom. The molecule has 3 aromatic rings. The Morgan fingerprint density at radius 2 is 1.20 bits per heavy atom. The number of sulfonamides is 1. The molecule has 27 heteroatoms. The van der Waals surface area contributed by atoms with Gasteiger partial charge in [0.25, 0.3) is 10.0 Å². The summed E-state index contributed by atoms with van der Waals surface area (Å²) in [7, 11) is 3.44. The third kappa shape index (κ3) is 15.7. The minimum Gasteiger partial charge on any atom is -0.487 e. The van der Waals surface area contributed by atoms with E-state index in [1.807, 2.05) is 32.9 Å². The first-order valence-electron chi connectivity index (χ1n) is 36.6. The van der Waals surface area contributed by atoms with Crippen molar-refractivity contribution in [2.75, 3.05) is 54.4 Å². The number of amides is 3. The van der Waals surface area contributed by atoms with Crippen molar-refractivity contribution < 1.29 is 75.1 Å². The highest BCUT2D eigenvalue weighted by molar-refractivity contribution is 7.90. The molecule has 104 heavy (non-hydrogen) atoms. The molecule has 10 atom stereocenters. The number of carbonyl (C=O) groups excluding carboxylic acids is 7. The molecule has 12 rings (SSSR count). The summed E-state index contributed by atoms with van der Waals surface area (Å²) in [6.07, 6.45) is 8.71. The summed E-state index contributed by atoms with van der Waals surface area (Å²) in [5.74, 6) is 3.17. The molecule has 5 aliphatic heterocycles. The number of amidine groups is 2. The van der Waals surface area contributed by atoms with Gasteiger partial charge in [-0.3, -0.25) is 29.3 Å². The summed E-state index contributed by atoms with van der Waals surface area (Å²) in [6.45, 7) is 16.8. The van der Waals surface area contributed by atoms with Gasteiger partial charge in [0.2, 0.25) is 0 Å². The maximum absolute atomic E-state index is 13.7. The molecule has 8 N–H and O–H groups in total. The van der Waals surface area contributed by atoms with Gasteiger partial charge in [-0.15, -0.1) is 4.40 Å². The van der Waals surface area contributed by atoms with Crippen molar-refractivity contribution in [1.82, 2.24) is 24.9 Å². The van der Waals surface area contributed by atoms with Crippen LogP contribution in [0, 0.1) is 38.0 Å². The van der Waals surface area contributed by atoms with Crippen molar-refractivity contribution >= 4 is 63.1 Å². The number of halogens is 1. The first kappa shape index (κ1) is 80.3. The summed E-state index contributed by atoms with van der Waals surface area (Å²) in [5.41, 5.74) is 22.9.